The highest BCUT2D eigenvalue weighted by molar-refractivity contribution is 7.14. The van der Waals surface area contributed by atoms with Crippen molar-refractivity contribution in [3.63, 3.8) is 0 Å². The van der Waals surface area contributed by atoms with Crippen LogP contribution in [-0.2, 0) is 0 Å². The zero-order valence-electron chi connectivity index (χ0n) is 7.74. The number of hydrogen-bond donors (Lipinski definition) is 1. The zero-order valence-corrected chi connectivity index (χ0v) is 9.31. The Morgan fingerprint density at radius 2 is 2.50 bits per heavy atom. The third-order valence-corrected chi connectivity index (χ3v) is 4.36. The maximum Gasteiger partial charge on any atom is 0.187 e. The van der Waals surface area contributed by atoms with E-state index in [4.69, 9.17) is 11.6 Å². The van der Waals surface area contributed by atoms with Crippen LogP contribution in [0.4, 0.5) is 5.13 Å². The second-order valence-electron chi connectivity index (χ2n) is 3.92. The van der Waals surface area contributed by atoms with Crippen molar-refractivity contribution in [1.82, 2.24) is 10.3 Å². The monoisotopic (exact) mass is 229 g/mol. The van der Waals surface area contributed by atoms with Gasteiger partial charge in [0.05, 0.1) is 0 Å². The molecule has 14 heavy (non-hydrogen) atoms. The summed E-state index contributed by atoms with van der Waals surface area (Å²) in [5.74, 6) is 0.817. The lowest BCUT2D eigenvalue weighted by molar-refractivity contribution is 0.578. The second-order valence-corrected chi connectivity index (χ2v) is 5.14. The Morgan fingerprint density at radius 1 is 1.57 bits per heavy atom. The molecule has 76 valence electrons. The Bertz CT molecular complexity index is 341. The number of thiazole rings is 1. The van der Waals surface area contributed by atoms with Crippen molar-refractivity contribution in [2.45, 2.75) is 12.5 Å². The summed E-state index contributed by atoms with van der Waals surface area (Å²) < 4.78 is 0. The Labute approximate surface area is 92.1 Å². The standard InChI is InChI=1S/C9H12ClN3S/c10-8-5-14-9(12-8)13-2-1-6-3-11-4-7(6)13/h5-7,11H,1-4H2/t6-,7+/m0/s1. The second kappa shape index (κ2) is 3.36. The quantitative estimate of drug-likeness (QED) is 0.793. The van der Waals surface area contributed by atoms with Crippen LogP contribution in [0.1, 0.15) is 6.42 Å². The van der Waals surface area contributed by atoms with Gasteiger partial charge in [0.15, 0.2) is 5.13 Å². The molecule has 3 rings (SSSR count). The molecule has 1 N–H and O–H groups in total. The van der Waals surface area contributed by atoms with Crippen molar-refractivity contribution in [3.8, 4) is 0 Å². The zero-order chi connectivity index (χ0) is 9.54. The van der Waals surface area contributed by atoms with Gasteiger partial charge in [-0.15, -0.1) is 11.3 Å². The molecular formula is C9H12ClN3S. The Kier molecular flexibility index (Phi) is 2.15. The normalized spacial score (nSPS) is 31.1. The molecular weight excluding hydrogens is 218 g/mol. The highest BCUT2D eigenvalue weighted by atomic mass is 35.5. The van der Waals surface area contributed by atoms with Crippen LogP contribution in [0.5, 0.6) is 0 Å². The van der Waals surface area contributed by atoms with E-state index in [2.05, 4.69) is 15.2 Å². The van der Waals surface area contributed by atoms with Gasteiger partial charge >= 0.3 is 0 Å². The molecule has 0 bridgehead atoms. The minimum Gasteiger partial charge on any atom is -0.343 e. The predicted molar refractivity (Wildman–Crippen MR) is 59.2 cm³/mol. The molecule has 1 aromatic heterocycles. The molecule has 0 radical (unpaired) electrons. The molecule has 1 aromatic rings. The maximum absolute atomic E-state index is 5.84. The lowest BCUT2D eigenvalue weighted by Crippen LogP contribution is -2.33. The van der Waals surface area contributed by atoms with E-state index in [1.165, 1.54) is 13.0 Å². The van der Waals surface area contributed by atoms with Crippen molar-refractivity contribution in [2.75, 3.05) is 24.5 Å². The average molecular weight is 230 g/mol. The fraction of sp³-hybridized carbons (Fsp3) is 0.667. The summed E-state index contributed by atoms with van der Waals surface area (Å²) in [5, 5.41) is 7.06. The molecule has 3 heterocycles. The first kappa shape index (κ1) is 8.95. The summed E-state index contributed by atoms with van der Waals surface area (Å²) in [6.45, 7) is 3.41. The Balaban J connectivity index is 1.85. The molecule has 2 aliphatic rings. The first-order valence-corrected chi connectivity index (χ1v) is 6.19. The minimum atomic E-state index is 0.624. The van der Waals surface area contributed by atoms with Crippen molar-refractivity contribution in [3.05, 3.63) is 10.5 Å². The van der Waals surface area contributed by atoms with E-state index in [-0.39, 0.29) is 0 Å². The smallest absolute Gasteiger partial charge is 0.187 e. The van der Waals surface area contributed by atoms with Gasteiger partial charge in [-0.2, -0.15) is 0 Å². The number of nitrogens with one attached hydrogen (secondary N) is 1. The SMILES string of the molecule is Clc1csc(N2CC[C@H]3CNC[C@H]32)n1. The van der Waals surface area contributed by atoms with Crippen molar-refractivity contribution >= 4 is 28.1 Å². The van der Waals surface area contributed by atoms with Gasteiger partial charge < -0.3 is 10.2 Å². The average Bonchev–Trinajstić information content (AvgIpc) is 2.77. The number of anilines is 1. The molecule has 2 atom stereocenters. The van der Waals surface area contributed by atoms with Gasteiger partial charge in [0, 0.05) is 31.1 Å². The maximum atomic E-state index is 5.84. The number of aromatic nitrogens is 1. The molecule has 0 amide bonds. The molecule has 5 heteroatoms. The molecule has 0 unspecified atom stereocenters. The third kappa shape index (κ3) is 1.33. The van der Waals surface area contributed by atoms with Gasteiger partial charge in [-0.05, 0) is 12.3 Å². The first-order chi connectivity index (χ1) is 6.84. The van der Waals surface area contributed by atoms with E-state index in [1.54, 1.807) is 11.3 Å². The summed E-state index contributed by atoms with van der Waals surface area (Å²) in [7, 11) is 0. The minimum absolute atomic E-state index is 0.624. The van der Waals surface area contributed by atoms with Crippen LogP contribution in [0.2, 0.25) is 5.15 Å². The third-order valence-electron chi connectivity index (χ3n) is 3.16. The van der Waals surface area contributed by atoms with Gasteiger partial charge in [0.2, 0.25) is 0 Å². The molecule has 0 aliphatic carbocycles. The summed E-state index contributed by atoms with van der Waals surface area (Å²) >= 11 is 7.49. The van der Waals surface area contributed by atoms with Crippen LogP contribution in [0.25, 0.3) is 0 Å². The largest absolute Gasteiger partial charge is 0.343 e. The number of fused-ring (bicyclic) bond motifs is 1. The van der Waals surface area contributed by atoms with E-state index in [9.17, 15) is 0 Å². The van der Waals surface area contributed by atoms with Gasteiger partial charge in [-0.1, -0.05) is 11.6 Å². The van der Waals surface area contributed by atoms with Crippen LogP contribution in [0, 0.1) is 5.92 Å². The van der Waals surface area contributed by atoms with Crippen LogP contribution in [0.3, 0.4) is 0 Å². The molecule has 2 fully saturated rings. The topological polar surface area (TPSA) is 28.2 Å². The summed E-state index contributed by atoms with van der Waals surface area (Å²) in [6.07, 6.45) is 1.29. The molecule has 3 nitrogen and oxygen atoms in total. The van der Waals surface area contributed by atoms with Crippen LogP contribution >= 0.6 is 22.9 Å². The van der Waals surface area contributed by atoms with Crippen LogP contribution < -0.4 is 10.2 Å². The first-order valence-electron chi connectivity index (χ1n) is 4.93. The Hall–Kier alpha value is -0.320. The highest BCUT2D eigenvalue weighted by Crippen LogP contribution is 2.34. The number of hydrogen-bond acceptors (Lipinski definition) is 4. The summed E-state index contributed by atoms with van der Waals surface area (Å²) in [6, 6.07) is 0.650. The van der Waals surface area contributed by atoms with Crippen molar-refractivity contribution < 1.29 is 0 Å². The summed E-state index contributed by atoms with van der Waals surface area (Å²) in [4.78, 5) is 6.74. The van der Waals surface area contributed by atoms with Crippen molar-refractivity contribution in [1.29, 1.82) is 0 Å². The van der Waals surface area contributed by atoms with E-state index in [1.807, 2.05) is 5.38 Å². The molecule has 0 aromatic carbocycles. The molecule has 0 spiro atoms. The van der Waals surface area contributed by atoms with Gasteiger partial charge in [0.1, 0.15) is 5.15 Å². The lowest BCUT2D eigenvalue weighted by Gasteiger charge is -2.22. The number of halogens is 1. The lowest BCUT2D eigenvalue weighted by atomic mass is 10.1. The highest BCUT2D eigenvalue weighted by Gasteiger charge is 2.38. The Morgan fingerprint density at radius 3 is 3.29 bits per heavy atom. The molecule has 2 saturated heterocycles. The predicted octanol–water partition coefficient (Wildman–Crippen LogP) is 1.59. The van der Waals surface area contributed by atoms with E-state index < -0.39 is 0 Å². The number of rotatable bonds is 1. The van der Waals surface area contributed by atoms with Crippen LogP contribution in [0.15, 0.2) is 5.38 Å². The molecule has 0 saturated carbocycles. The summed E-state index contributed by atoms with van der Waals surface area (Å²) in [5.41, 5.74) is 0. The van der Waals surface area contributed by atoms with Gasteiger partial charge in [-0.25, -0.2) is 4.98 Å². The van der Waals surface area contributed by atoms with Gasteiger partial charge in [-0.3, -0.25) is 0 Å². The van der Waals surface area contributed by atoms with Crippen molar-refractivity contribution in [2.24, 2.45) is 5.92 Å². The van der Waals surface area contributed by atoms with Gasteiger partial charge in [0.25, 0.3) is 0 Å². The van der Waals surface area contributed by atoms with Crippen LogP contribution in [-0.4, -0.2) is 30.7 Å². The fourth-order valence-electron chi connectivity index (χ4n) is 2.46. The van der Waals surface area contributed by atoms with E-state index >= 15 is 0 Å². The van der Waals surface area contributed by atoms with E-state index in [0.29, 0.717) is 11.2 Å². The van der Waals surface area contributed by atoms with E-state index in [0.717, 1.165) is 24.1 Å². The molecule has 2 aliphatic heterocycles. The number of nitrogens with zero attached hydrogens (tertiary/aromatic N) is 2. The fourth-order valence-corrected chi connectivity index (χ4v) is 3.50.